The smallest absolute Gasteiger partial charge is 0.392 e. The maximum absolute atomic E-state index is 12.2. The molecule has 4 nitrogen and oxygen atoms in total. The van der Waals surface area contributed by atoms with E-state index in [9.17, 15) is 23.1 Å². The normalized spacial score (nSPS) is 13.3. The molecule has 1 aromatic rings. The van der Waals surface area contributed by atoms with Crippen LogP contribution in [0.2, 0.25) is 0 Å². The highest BCUT2D eigenvalue weighted by molar-refractivity contribution is 5.94. The number of rotatable bonds is 6. The zero-order chi connectivity index (χ0) is 16.0. The number of amides is 1. The number of aliphatic hydroxyl groups excluding tert-OH is 1. The minimum atomic E-state index is -4.91. The predicted molar refractivity (Wildman–Crippen MR) is 73.7 cm³/mol. The van der Waals surface area contributed by atoms with Crippen LogP contribution in [0.4, 0.5) is 18.9 Å². The van der Waals surface area contributed by atoms with Crippen molar-refractivity contribution in [3.05, 3.63) is 29.8 Å². The second-order valence-electron chi connectivity index (χ2n) is 5.09. The first-order valence-corrected chi connectivity index (χ1v) is 6.56. The van der Waals surface area contributed by atoms with E-state index in [1.165, 1.54) is 12.1 Å². The van der Waals surface area contributed by atoms with Gasteiger partial charge in [-0.3, -0.25) is 4.79 Å². The van der Waals surface area contributed by atoms with E-state index in [-0.39, 0.29) is 11.6 Å². The van der Waals surface area contributed by atoms with Crippen molar-refractivity contribution < 1.29 is 23.1 Å². The summed E-state index contributed by atoms with van der Waals surface area (Å²) in [6.07, 6.45) is -5.39. The molecule has 118 valence electrons. The van der Waals surface area contributed by atoms with Crippen molar-refractivity contribution >= 4 is 11.6 Å². The van der Waals surface area contributed by atoms with E-state index in [2.05, 4.69) is 5.32 Å². The summed E-state index contributed by atoms with van der Waals surface area (Å²) in [5.74, 6) is -1.88. The van der Waals surface area contributed by atoms with E-state index in [1.807, 2.05) is 13.8 Å². The quantitative estimate of drug-likeness (QED) is 0.756. The summed E-state index contributed by atoms with van der Waals surface area (Å²) in [4.78, 5) is 10.8. The summed E-state index contributed by atoms with van der Waals surface area (Å²) in [6, 6.07) is 6.12. The van der Waals surface area contributed by atoms with Gasteiger partial charge in [-0.05, 0) is 23.6 Å². The lowest BCUT2D eigenvalue weighted by Crippen LogP contribution is -2.30. The highest BCUT2D eigenvalue weighted by Crippen LogP contribution is 2.18. The van der Waals surface area contributed by atoms with Gasteiger partial charge in [-0.25, -0.2) is 0 Å². The van der Waals surface area contributed by atoms with Gasteiger partial charge in [0.25, 0.3) is 0 Å². The molecular weight excluding hydrogens is 285 g/mol. The summed E-state index contributed by atoms with van der Waals surface area (Å²) < 4.78 is 36.5. The summed E-state index contributed by atoms with van der Waals surface area (Å²) in [5, 5.41) is 14.4. The van der Waals surface area contributed by atoms with Gasteiger partial charge in [-0.2, -0.15) is 13.2 Å². The Morgan fingerprint density at radius 1 is 1.33 bits per heavy atom. The Morgan fingerprint density at radius 2 is 2.00 bits per heavy atom. The Hall–Kier alpha value is -1.60. The third-order valence-electron chi connectivity index (χ3n) is 2.89. The molecular formula is C14H19F3N2O2. The Balaban J connectivity index is 2.55. The molecule has 0 aromatic heterocycles. The predicted octanol–water partition coefficient (Wildman–Crippen LogP) is 2.29. The Bertz CT molecular complexity index is 476. The minimum absolute atomic E-state index is 0.0843. The molecule has 0 heterocycles. The van der Waals surface area contributed by atoms with Crippen LogP contribution >= 0.6 is 0 Å². The number of carbonyl (C=O) groups is 1. The van der Waals surface area contributed by atoms with Gasteiger partial charge in [0.1, 0.15) is 0 Å². The molecule has 3 N–H and O–H groups in total. The number of anilines is 1. The van der Waals surface area contributed by atoms with Gasteiger partial charge in [0, 0.05) is 18.8 Å². The Morgan fingerprint density at radius 3 is 2.57 bits per heavy atom. The van der Waals surface area contributed by atoms with Crippen LogP contribution < -0.4 is 10.6 Å². The van der Waals surface area contributed by atoms with E-state index in [4.69, 9.17) is 0 Å². The minimum Gasteiger partial charge on any atom is -0.392 e. The van der Waals surface area contributed by atoms with Crippen molar-refractivity contribution in [3.63, 3.8) is 0 Å². The lowest BCUT2D eigenvalue weighted by atomic mass is 10.1. The van der Waals surface area contributed by atoms with Crippen LogP contribution in [0, 0.1) is 5.92 Å². The fraction of sp³-hybridized carbons (Fsp3) is 0.500. The van der Waals surface area contributed by atoms with Crippen molar-refractivity contribution in [3.8, 4) is 0 Å². The van der Waals surface area contributed by atoms with E-state index >= 15 is 0 Å². The van der Waals surface area contributed by atoms with Crippen LogP contribution in [0.5, 0.6) is 0 Å². The molecule has 0 saturated carbocycles. The molecule has 21 heavy (non-hydrogen) atoms. The first kappa shape index (κ1) is 17.5. The van der Waals surface area contributed by atoms with Gasteiger partial charge in [0.05, 0.1) is 6.10 Å². The first-order chi connectivity index (χ1) is 9.70. The number of alkyl halides is 3. The van der Waals surface area contributed by atoms with Crippen LogP contribution in [0.25, 0.3) is 0 Å². The number of benzene rings is 1. The number of hydrogen-bond donors (Lipinski definition) is 3. The summed E-state index contributed by atoms with van der Waals surface area (Å²) >= 11 is 0. The number of halogens is 3. The molecule has 0 aliphatic rings. The van der Waals surface area contributed by atoms with Crippen LogP contribution in [0.15, 0.2) is 24.3 Å². The third-order valence-corrected chi connectivity index (χ3v) is 2.89. The average molecular weight is 304 g/mol. The fourth-order valence-corrected chi connectivity index (χ4v) is 1.56. The van der Waals surface area contributed by atoms with Gasteiger partial charge < -0.3 is 15.7 Å². The zero-order valence-electron chi connectivity index (χ0n) is 11.9. The Labute approximate surface area is 121 Å². The Kier molecular flexibility index (Phi) is 6.17. The number of hydrogen-bond acceptors (Lipinski definition) is 3. The largest absolute Gasteiger partial charge is 0.471 e. The number of nitrogens with one attached hydrogen (secondary N) is 2. The highest BCUT2D eigenvalue weighted by Gasteiger charge is 2.38. The van der Waals surface area contributed by atoms with Crippen molar-refractivity contribution in [2.75, 3.05) is 11.9 Å². The molecule has 1 aromatic carbocycles. The molecule has 7 heteroatoms. The van der Waals surface area contributed by atoms with Crippen LogP contribution in [0.3, 0.4) is 0 Å². The van der Waals surface area contributed by atoms with E-state index in [1.54, 1.807) is 17.4 Å². The molecule has 0 fully saturated rings. The molecule has 1 rings (SSSR count). The number of carbonyl (C=O) groups excluding carboxylic acids is 1. The average Bonchev–Trinajstić information content (AvgIpc) is 2.37. The highest BCUT2D eigenvalue weighted by atomic mass is 19.4. The summed E-state index contributed by atoms with van der Waals surface area (Å²) in [7, 11) is 0. The first-order valence-electron chi connectivity index (χ1n) is 6.56. The maximum atomic E-state index is 12.2. The lowest BCUT2D eigenvalue weighted by Gasteiger charge is -2.15. The standard InChI is InChI=1S/C14H19F3N2O2/c1-9(2)12(20)8-18-7-10-4-3-5-11(6-10)19-13(21)14(15,16)17/h3-6,9,12,18,20H,7-8H2,1-2H3,(H,19,21). The van der Waals surface area contributed by atoms with Crippen molar-refractivity contribution in [2.45, 2.75) is 32.7 Å². The third kappa shape index (κ3) is 6.14. The molecule has 0 spiro atoms. The summed E-state index contributed by atoms with van der Waals surface area (Å²) in [5.41, 5.74) is 0.798. The molecule has 0 bridgehead atoms. The lowest BCUT2D eigenvalue weighted by molar-refractivity contribution is -0.167. The zero-order valence-corrected chi connectivity index (χ0v) is 11.9. The SMILES string of the molecule is CC(C)C(O)CNCc1cccc(NC(=O)C(F)(F)F)c1. The van der Waals surface area contributed by atoms with Gasteiger partial charge in [0.15, 0.2) is 0 Å². The van der Waals surface area contributed by atoms with Gasteiger partial charge in [-0.15, -0.1) is 0 Å². The molecule has 0 aliphatic heterocycles. The number of aliphatic hydroxyl groups is 1. The van der Waals surface area contributed by atoms with Gasteiger partial charge in [0.2, 0.25) is 0 Å². The fourth-order valence-electron chi connectivity index (χ4n) is 1.56. The maximum Gasteiger partial charge on any atom is 0.471 e. The van der Waals surface area contributed by atoms with Crippen molar-refractivity contribution in [1.29, 1.82) is 0 Å². The molecule has 0 radical (unpaired) electrons. The van der Waals surface area contributed by atoms with E-state index in [0.717, 1.165) is 0 Å². The van der Waals surface area contributed by atoms with E-state index in [0.29, 0.717) is 18.7 Å². The molecule has 1 atom stereocenters. The second-order valence-corrected chi connectivity index (χ2v) is 5.09. The van der Waals surface area contributed by atoms with Crippen LogP contribution in [-0.4, -0.2) is 29.8 Å². The molecule has 0 aliphatic carbocycles. The van der Waals surface area contributed by atoms with Crippen molar-refractivity contribution in [1.82, 2.24) is 5.32 Å². The topological polar surface area (TPSA) is 61.4 Å². The van der Waals surface area contributed by atoms with E-state index < -0.39 is 18.2 Å². The van der Waals surface area contributed by atoms with Crippen LogP contribution in [-0.2, 0) is 11.3 Å². The molecule has 1 unspecified atom stereocenters. The molecule has 0 saturated heterocycles. The van der Waals surface area contributed by atoms with Crippen molar-refractivity contribution in [2.24, 2.45) is 5.92 Å². The van der Waals surface area contributed by atoms with Crippen LogP contribution in [0.1, 0.15) is 19.4 Å². The molecule has 1 amide bonds. The summed E-state index contributed by atoms with van der Waals surface area (Å²) in [6.45, 7) is 4.55. The van der Waals surface area contributed by atoms with Gasteiger partial charge in [-0.1, -0.05) is 26.0 Å². The second kappa shape index (κ2) is 7.42. The van der Waals surface area contributed by atoms with Gasteiger partial charge >= 0.3 is 12.1 Å². The monoisotopic (exact) mass is 304 g/mol.